The number of amides is 2. The number of benzene rings is 1. The minimum absolute atomic E-state index is 0.0293. The zero-order valence-corrected chi connectivity index (χ0v) is 10.2. The average molecular weight is 287 g/mol. The van der Waals surface area contributed by atoms with Crippen LogP contribution < -0.4 is 5.73 Å². The number of halogens is 1. The van der Waals surface area contributed by atoms with Gasteiger partial charge in [0.25, 0.3) is 5.91 Å². The molecule has 0 unspecified atom stereocenters. The van der Waals surface area contributed by atoms with Gasteiger partial charge in [-0.1, -0.05) is 0 Å². The summed E-state index contributed by atoms with van der Waals surface area (Å²) in [4.78, 5) is 23.6. The van der Waals surface area contributed by atoms with Gasteiger partial charge in [-0.3, -0.25) is 9.59 Å². The number of likely N-dealkylation sites (N-methyl/N-ethyl adjacent to an activating group) is 1. The van der Waals surface area contributed by atoms with E-state index in [0.29, 0.717) is 10.0 Å². The number of phenols is 1. The quantitative estimate of drug-likeness (QED) is 0.858. The zero-order valence-electron chi connectivity index (χ0n) is 8.61. The van der Waals surface area contributed by atoms with Gasteiger partial charge < -0.3 is 15.7 Å². The molecule has 0 radical (unpaired) electrons. The van der Waals surface area contributed by atoms with Gasteiger partial charge in [0.2, 0.25) is 5.91 Å². The largest absolute Gasteiger partial charge is 0.507 e. The highest BCUT2D eigenvalue weighted by Gasteiger charge is 2.14. The van der Waals surface area contributed by atoms with Crippen LogP contribution in [-0.4, -0.2) is 35.4 Å². The summed E-state index contributed by atoms with van der Waals surface area (Å²) >= 11 is 3.11. The highest BCUT2D eigenvalue weighted by Crippen LogP contribution is 2.24. The Kier molecular flexibility index (Phi) is 3.89. The maximum absolute atomic E-state index is 11.7. The van der Waals surface area contributed by atoms with Crippen molar-refractivity contribution in [3.05, 3.63) is 28.2 Å². The normalized spacial score (nSPS) is 9.88. The molecule has 16 heavy (non-hydrogen) atoms. The van der Waals surface area contributed by atoms with Gasteiger partial charge >= 0.3 is 0 Å². The van der Waals surface area contributed by atoms with Crippen LogP contribution in [0.4, 0.5) is 0 Å². The molecule has 2 amide bonds. The van der Waals surface area contributed by atoms with Crippen LogP contribution in [0, 0.1) is 0 Å². The number of nitrogens with two attached hydrogens (primary N) is 1. The molecule has 1 aromatic carbocycles. The van der Waals surface area contributed by atoms with E-state index in [9.17, 15) is 14.7 Å². The number of carbonyl (C=O) groups excluding carboxylic acids is 2. The maximum Gasteiger partial charge on any atom is 0.254 e. The summed E-state index contributed by atoms with van der Waals surface area (Å²) in [5.74, 6) is -0.989. The van der Waals surface area contributed by atoms with Crippen LogP contribution in [0.2, 0.25) is 0 Å². The molecule has 0 saturated heterocycles. The number of hydrogen-bond donors (Lipinski definition) is 2. The summed E-state index contributed by atoms with van der Waals surface area (Å²) < 4.78 is 0.501. The Bertz CT molecular complexity index is 434. The number of aromatic hydroxyl groups is 1. The summed E-state index contributed by atoms with van der Waals surface area (Å²) in [6.07, 6.45) is 0. The third-order valence-corrected chi connectivity index (χ3v) is 2.60. The maximum atomic E-state index is 11.7. The zero-order chi connectivity index (χ0) is 12.3. The average Bonchev–Trinajstić information content (AvgIpc) is 2.20. The molecule has 3 N–H and O–H groups in total. The van der Waals surface area contributed by atoms with Gasteiger partial charge in [0, 0.05) is 12.6 Å². The van der Waals surface area contributed by atoms with Gasteiger partial charge in [-0.25, -0.2) is 0 Å². The molecule has 86 valence electrons. The molecule has 0 heterocycles. The summed E-state index contributed by atoms with van der Waals surface area (Å²) in [5.41, 5.74) is 5.27. The molecule has 1 aromatic rings. The van der Waals surface area contributed by atoms with E-state index < -0.39 is 5.91 Å². The molecule has 0 atom stereocenters. The van der Waals surface area contributed by atoms with E-state index in [1.807, 2.05) is 0 Å². The lowest BCUT2D eigenvalue weighted by Gasteiger charge is -2.15. The van der Waals surface area contributed by atoms with Crippen molar-refractivity contribution in [2.75, 3.05) is 13.6 Å². The first-order valence-electron chi connectivity index (χ1n) is 4.44. The van der Waals surface area contributed by atoms with Crippen molar-refractivity contribution in [1.29, 1.82) is 0 Å². The van der Waals surface area contributed by atoms with Crippen LogP contribution in [0.3, 0.4) is 0 Å². The molecule has 0 aliphatic rings. The van der Waals surface area contributed by atoms with Crippen LogP contribution in [0.5, 0.6) is 5.75 Å². The molecule has 0 aliphatic heterocycles. The van der Waals surface area contributed by atoms with Crippen molar-refractivity contribution in [3.8, 4) is 5.75 Å². The van der Waals surface area contributed by atoms with E-state index in [0.717, 1.165) is 0 Å². The number of hydrogen-bond acceptors (Lipinski definition) is 3. The molecule has 0 fully saturated rings. The molecule has 0 aromatic heterocycles. The summed E-state index contributed by atoms with van der Waals surface area (Å²) in [6.45, 7) is -0.157. The Labute approximate surface area is 101 Å². The van der Waals surface area contributed by atoms with Crippen molar-refractivity contribution in [2.45, 2.75) is 0 Å². The standard InChI is InChI=1S/C10H11BrN2O3/c1-13(5-9(12)15)10(16)6-2-3-7(11)8(14)4-6/h2-4,14H,5H2,1H3,(H2,12,15). The Hall–Kier alpha value is -1.56. The fourth-order valence-electron chi connectivity index (χ4n) is 1.17. The first kappa shape index (κ1) is 12.5. The van der Waals surface area contributed by atoms with Crippen LogP contribution in [-0.2, 0) is 4.79 Å². The van der Waals surface area contributed by atoms with Crippen molar-refractivity contribution in [1.82, 2.24) is 4.90 Å². The number of phenolic OH excluding ortho intramolecular Hbond substituents is 1. The highest BCUT2D eigenvalue weighted by atomic mass is 79.9. The molecule has 0 spiro atoms. The van der Waals surface area contributed by atoms with Gasteiger partial charge in [-0.2, -0.15) is 0 Å². The first-order valence-corrected chi connectivity index (χ1v) is 5.23. The molecule has 1 rings (SSSR count). The van der Waals surface area contributed by atoms with Crippen molar-refractivity contribution in [3.63, 3.8) is 0 Å². The minimum Gasteiger partial charge on any atom is -0.507 e. The lowest BCUT2D eigenvalue weighted by Crippen LogP contribution is -2.35. The van der Waals surface area contributed by atoms with Crippen LogP contribution in [0.15, 0.2) is 22.7 Å². The topological polar surface area (TPSA) is 83.6 Å². The van der Waals surface area contributed by atoms with Crippen molar-refractivity contribution < 1.29 is 14.7 Å². The van der Waals surface area contributed by atoms with Gasteiger partial charge in [-0.05, 0) is 34.1 Å². The molecule has 0 bridgehead atoms. The third-order valence-electron chi connectivity index (χ3n) is 1.93. The van der Waals surface area contributed by atoms with Crippen molar-refractivity contribution in [2.24, 2.45) is 5.73 Å². The minimum atomic E-state index is -0.586. The molecule has 0 aliphatic carbocycles. The molecule has 5 nitrogen and oxygen atoms in total. The Balaban J connectivity index is 2.88. The summed E-state index contributed by atoms with van der Waals surface area (Å²) in [7, 11) is 1.46. The van der Waals surface area contributed by atoms with Crippen LogP contribution in [0.25, 0.3) is 0 Å². The van der Waals surface area contributed by atoms with E-state index in [-0.39, 0.29) is 18.2 Å². The van der Waals surface area contributed by atoms with Crippen LogP contribution in [0.1, 0.15) is 10.4 Å². The second-order valence-electron chi connectivity index (χ2n) is 3.29. The predicted octanol–water partition coefficient (Wildman–Crippen LogP) is 0.712. The Morgan fingerprint density at radius 3 is 2.62 bits per heavy atom. The highest BCUT2D eigenvalue weighted by molar-refractivity contribution is 9.10. The monoisotopic (exact) mass is 286 g/mol. The SMILES string of the molecule is CN(CC(N)=O)C(=O)c1ccc(Br)c(O)c1. The van der Waals surface area contributed by atoms with Gasteiger partial charge in [0.15, 0.2) is 0 Å². The van der Waals surface area contributed by atoms with E-state index in [1.54, 1.807) is 12.1 Å². The smallest absolute Gasteiger partial charge is 0.254 e. The molecule has 6 heteroatoms. The second kappa shape index (κ2) is 4.98. The lowest BCUT2D eigenvalue weighted by atomic mass is 10.2. The number of rotatable bonds is 3. The number of primary amides is 1. The van der Waals surface area contributed by atoms with E-state index in [2.05, 4.69) is 15.9 Å². The van der Waals surface area contributed by atoms with Gasteiger partial charge in [-0.15, -0.1) is 0 Å². The summed E-state index contributed by atoms with van der Waals surface area (Å²) in [6, 6.07) is 4.42. The van der Waals surface area contributed by atoms with Gasteiger partial charge in [0.05, 0.1) is 11.0 Å². The Morgan fingerprint density at radius 1 is 1.50 bits per heavy atom. The van der Waals surface area contributed by atoms with E-state index in [4.69, 9.17) is 5.73 Å². The molecule has 0 saturated carbocycles. The number of carbonyl (C=O) groups is 2. The molecular formula is C10H11BrN2O3. The van der Waals surface area contributed by atoms with E-state index >= 15 is 0 Å². The number of nitrogens with zero attached hydrogens (tertiary/aromatic N) is 1. The third kappa shape index (κ3) is 2.96. The van der Waals surface area contributed by atoms with Crippen LogP contribution >= 0.6 is 15.9 Å². The molecular weight excluding hydrogens is 276 g/mol. The first-order chi connectivity index (χ1) is 7.41. The van der Waals surface area contributed by atoms with E-state index in [1.165, 1.54) is 18.0 Å². The second-order valence-corrected chi connectivity index (χ2v) is 4.15. The van der Waals surface area contributed by atoms with Gasteiger partial charge in [0.1, 0.15) is 5.75 Å². The fourth-order valence-corrected chi connectivity index (χ4v) is 1.42. The van der Waals surface area contributed by atoms with Crippen molar-refractivity contribution >= 4 is 27.7 Å². The summed E-state index contributed by atoms with van der Waals surface area (Å²) in [5, 5.41) is 9.40. The fraction of sp³-hybridized carbons (Fsp3) is 0.200. The predicted molar refractivity (Wildman–Crippen MR) is 62.0 cm³/mol. The lowest BCUT2D eigenvalue weighted by molar-refractivity contribution is -0.118. The Morgan fingerprint density at radius 2 is 2.12 bits per heavy atom.